The molecule has 4 heteroatoms. The lowest BCUT2D eigenvalue weighted by atomic mass is 10.1. The molecule has 0 atom stereocenters. The number of aliphatic carboxylic acids is 1. The van der Waals surface area contributed by atoms with Crippen molar-refractivity contribution in [1.82, 2.24) is 0 Å². The summed E-state index contributed by atoms with van der Waals surface area (Å²) < 4.78 is 2.00. The highest BCUT2D eigenvalue weighted by Crippen LogP contribution is 2.23. The van der Waals surface area contributed by atoms with Crippen LogP contribution >= 0.6 is 38.5 Å². The largest absolute Gasteiger partial charge is 0.481 e. The molecular formula is C9H8BrIO2. The van der Waals surface area contributed by atoms with Crippen molar-refractivity contribution in [2.24, 2.45) is 0 Å². The molecule has 0 unspecified atom stereocenters. The predicted octanol–water partition coefficient (Wildman–Crippen LogP) is 2.99. The van der Waals surface area contributed by atoms with Gasteiger partial charge in [-0.05, 0) is 46.7 Å². The zero-order valence-electron chi connectivity index (χ0n) is 6.97. The predicted molar refractivity (Wildman–Crippen MR) is 62.9 cm³/mol. The highest BCUT2D eigenvalue weighted by Gasteiger charge is 2.07. The number of rotatable bonds is 2. The van der Waals surface area contributed by atoms with Crippen molar-refractivity contribution in [2.75, 3.05) is 0 Å². The van der Waals surface area contributed by atoms with Crippen LogP contribution in [0, 0.1) is 10.5 Å². The minimum Gasteiger partial charge on any atom is -0.481 e. The van der Waals surface area contributed by atoms with E-state index in [0.717, 1.165) is 19.2 Å². The Morgan fingerprint density at radius 2 is 2.23 bits per heavy atom. The van der Waals surface area contributed by atoms with E-state index in [1.807, 2.05) is 19.1 Å². The maximum atomic E-state index is 10.5. The molecule has 0 saturated carbocycles. The summed E-state index contributed by atoms with van der Waals surface area (Å²) in [6, 6.07) is 3.84. The zero-order valence-corrected chi connectivity index (χ0v) is 10.7. The fraction of sp³-hybridized carbons (Fsp3) is 0.222. The van der Waals surface area contributed by atoms with Crippen LogP contribution in [-0.2, 0) is 11.2 Å². The summed E-state index contributed by atoms with van der Waals surface area (Å²) in [4.78, 5) is 10.5. The molecule has 70 valence electrons. The first-order valence-corrected chi connectivity index (χ1v) is 5.54. The number of aryl methyl sites for hydroxylation is 1. The van der Waals surface area contributed by atoms with Gasteiger partial charge in [-0.15, -0.1) is 0 Å². The number of carboxylic acids is 1. The van der Waals surface area contributed by atoms with Crippen LogP contribution in [0.1, 0.15) is 11.1 Å². The van der Waals surface area contributed by atoms with Gasteiger partial charge in [-0.25, -0.2) is 0 Å². The number of halogens is 2. The molecule has 1 N–H and O–H groups in total. The molecule has 0 heterocycles. The average molecular weight is 355 g/mol. The Bertz CT molecular complexity index is 350. The van der Waals surface area contributed by atoms with Gasteiger partial charge >= 0.3 is 5.97 Å². The van der Waals surface area contributed by atoms with Gasteiger partial charge in [-0.2, -0.15) is 0 Å². The Balaban J connectivity index is 3.08. The number of hydrogen-bond donors (Lipinski definition) is 1. The van der Waals surface area contributed by atoms with E-state index in [0.29, 0.717) is 0 Å². The maximum Gasteiger partial charge on any atom is 0.307 e. The van der Waals surface area contributed by atoms with Crippen molar-refractivity contribution < 1.29 is 9.90 Å². The second-order valence-electron chi connectivity index (χ2n) is 2.76. The first-order chi connectivity index (χ1) is 6.00. The maximum absolute atomic E-state index is 10.5. The highest BCUT2D eigenvalue weighted by atomic mass is 127. The molecule has 1 rings (SSSR count). The third-order valence-corrected chi connectivity index (χ3v) is 3.57. The lowest BCUT2D eigenvalue weighted by Crippen LogP contribution is -2.01. The summed E-state index contributed by atoms with van der Waals surface area (Å²) in [6.45, 7) is 1.97. The van der Waals surface area contributed by atoms with Crippen LogP contribution < -0.4 is 0 Å². The molecule has 0 aliphatic carbocycles. The summed E-state index contributed by atoms with van der Waals surface area (Å²) in [6.07, 6.45) is 0.0678. The third kappa shape index (κ3) is 2.95. The van der Waals surface area contributed by atoms with Crippen LogP contribution in [0.3, 0.4) is 0 Å². The van der Waals surface area contributed by atoms with Gasteiger partial charge in [0.2, 0.25) is 0 Å². The fourth-order valence-corrected chi connectivity index (χ4v) is 2.39. The van der Waals surface area contributed by atoms with Crippen molar-refractivity contribution in [2.45, 2.75) is 13.3 Å². The first kappa shape index (κ1) is 11.0. The molecule has 0 spiro atoms. The lowest BCUT2D eigenvalue weighted by Gasteiger charge is -2.05. The van der Waals surface area contributed by atoms with E-state index in [1.165, 1.54) is 0 Å². The molecule has 2 nitrogen and oxygen atoms in total. The SMILES string of the molecule is Cc1cc(CC(=O)O)c(Br)cc1I. The topological polar surface area (TPSA) is 37.3 Å². The van der Waals surface area contributed by atoms with Crippen molar-refractivity contribution in [3.63, 3.8) is 0 Å². The summed E-state index contributed by atoms with van der Waals surface area (Å²) in [5, 5.41) is 8.63. The van der Waals surface area contributed by atoms with Gasteiger partial charge in [0.25, 0.3) is 0 Å². The van der Waals surface area contributed by atoms with Crippen LogP contribution in [0.15, 0.2) is 16.6 Å². The van der Waals surface area contributed by atoms with E-state index in [1.54, 1.807) is 0 Å². The molecule has 13 heavy (non-hydrogen) atoms. The van der Waals surface area contributed by atoms with Crippen molar-refractivity contribution in [3.05, 3.63) is 31.3 Å². The zero-order chi connectivity index (χ0) is 10.0. The first-order valence-electron chi connectivity index (χ1n) is 3.67. The normalized spacial score (nSPS) is 10.1. The molecule has 0 bridgehead atoms. The molecule has 0 aromatic heterocycles. The Hall–Kier alpha value is -0.1000. The molecule has 0 radical (unpaired) electrons. The summed E-state index contributed by atoms with van der Waals surface area (Å²) in [7, 11) is 0. The summed E-state index contributed by atoms with van der Waals surface area (Å²) in [5.41, 5.74) is 1.94. The second-order valence-corrected chi connectivity index (χ2v) is 4.78. The molecule has 0 aliphatic heterocycles. The van der Waals surface area contributed by atoms with Gasteiger partial charge in [0.15, 0.2) is 0 Å². The summed E-state index contributed by atoms with van der Waals surface area (Å²) in [5.74, 6) is -0.804. The van der Waals surface area contributed by atoms with Gasteiger partial charge in [-0.3, -0.25) is 4.79 Å². The van der Waals surface area contributed by atoms with E-state index in [4.69, 9.17) is 5.11 Å². The number of benzene rings is 1. The van der Waals surface area contributed by atoms with Crippen molar-refractivity contribution in [3.8, 4) is 0 Å². The molecule has 1 aromatic carbocycles. The Kier molecular flexibility index (Phi) is 3.73. The van der Waals surface area contributed by atoms with E-state index in [-0.39, 0.29) is 6.42 Å². The van der Waals surface area contributed by atoms with Crippen LogP contribution in [0.25, 0.3) is 0 Å². The van der Waals surface area contributed by atoms with Gasteiger partial charge in [-0.1, -0.05) is 22.0 Å². The molecular weight excluding hydrogens is 347 g/mol. The average Bonchev–Trinajstić information content (AvgIpc) is 1.99. The van der Waals surface area contributed by atoms with Gasteiger partial charge in [0.1, 0.15) is 0 Å². The van der Waals surface area contributed by atoms with E-state index in [9.17, 15) is 4.79 Å². The summed E-state index contributed by atoms with van der Waals surface area (Å²) >= 11 is 5.56. The molecule has 0 fully saturated rings. The Morgan fingerprint density at radius 1 is 1.62 bits per heavy atom. The lowest BCUT2D eigenvalue weighted by molar-refractivity contribution is -0.136. The Morgan fingerprint density at radius 3 is 2.77 bits per heavy atom. The number of hydrogen-bond acceptors (Lipinski definition) is 1. The third-order valence-electron chi connectivity index (χ3n) is 1.67. The number of carboxylic acid groups (broad SMARTS) is 1. The second kappa shape index (κ2) is 4.41. The van der Waals surface area contributed by atoms with Crippen molar-refractivity contribution >= 4 is 44.5 Å². The Labute approximate surface area is 98.6 Å². The van der Waals surface area contributed by atoms with Crippen molar-refractivity contribution in [1.29, 1.82) is 0 Å². The van der Waals surface area contributed by atoms with Gasteiger partial charge in [0.05, 0.1) is 6.42 Å². The van der Waals surface area contributed by atoms with E-state index >= 15 is 0 Å². The molecule has 0 amide bonds. The molecule has 0 aliphatic rings. The molecule has 1 aromatic rings. The van der Waals surface area contributed by atoms with Crippen LogP contribution in [-0.4, -0.2) is 11.1 Å². The standard InChI is InChI=1S/C9H8BrIO2/c1-5-2-6(3-9(12)13)7(10)4-8(5)11/h2,4H,3H2,1H3,(H,12,13). The van der Waals surface area contributed by atoms with Gasteiger partial charge in [0, 0.05) is 8.04 Å². The smallest absolute Gasteiger partial charge is 0.307 e. The number of carbonyl (C=O) groups is 1. The van der Waals surface area contributed by atoms with E-state index in [2.05, 4.69) is 38.5 Å². The minimum atomic E-state index is -0.804. The van der Waals surface area contributed by atoms with Crippen LogP contribution in [0.2, 0.25) is 0 Å². The van der Waals surface area contributed by atoms with Crippen LogP contribution in [0.4, 0.5) is 0 Å². The quantitative estimate of drug-likeness (QED) is 0.829. The van der Waals surface area contributed by atoms with Gasteiger partial charge < -0.3 is 5.11 Å². The highest BCUT2D eigenvalue weighted by molar-refractivity contribution is 14.1. The van der Waals surface area contributed by atoms with E-state index < -0.39 is 5.97 Å². The molecule has 0 saturated heterocycles. The fourth-order valence-electron chi connectivity index (χ4n) is 1.02. The van der Waals surface area contributed by atoms with Crippen LogP contribution in [0.5, 0.6) is 0 Å². The minimum absolute atomic E-state index is 0.0678. The monoisotopic (exact) mass is 354 g/mol.